The van der Waals surface area contributed by atoms with E-state index in [2.05, 4.69) is 10.4 Å². The molecule has 2 heterocycles. The number of hydrogen-bond acceptors (Lipinski definition) is 4. The molecule has 6 nitrogen and oxygen atoms in total. The number of ether oxygens (including phenoxy) is 2. The van der Waals surface area contributed by atoms with Crippen LogP contribution in [-0.2, 0) is 6.54 Å². The van der Waals surface area contributed by atoms with Gasteiger partial charge in [0.15, 0.2) is 11.5 Å². The van der Waals surface area contributed by atoms with Crippen LogP contribution >= 0.6 is 11.6 Å². The smallest absolute Gasteiger partial charge is 0.260 e. The summed E-state index contributed by atoms with van der Waals surface area (Å²) in [6, 6.07) is 15.1. The molecule has 7 heteroatoms. The average Bonchev–Trinajstić information content (AvgIpc) is 3.20. The zero-order valence-corrected chi connectivity index (χ0v) is 14.8. The molecule has 0 spiro atoms. The minimum Gasteiger partial charge on any atom is -0.454 e. The Bertz CT molecular complexity index is 970. The van der Waals surface area contributed by atoms with Crippen molar-refractivity contribution in [3.63, 3.8) is 0 Å². The van der Waals surface area contributed by atoms with Gasteiger partial charge in [0.25, 0.3) is 5.91 Å². The van der Waals surface area contributed by atoms with Crippen LogP contribution < -0.4 is 14.8 Å². The third kappa shape index (κ3) is 3.11. The van der Waals surface area contributed by atoms with Gasteiger partial charge < -0.3 is 14.8 Å². The van der Waals surface area contributed by atoms with Crippen LogP contribution in [0.25, 0.3) is 0 Å². The highest BCUT2D eigenvalue weighted by atomic mass is 35.5. The lowest BCUT2D eigenvalue weighted by Gasteiger charge is -2.07. The standard InChI is InChI=1S/C19H16ClN3O3/c1-12-17(18(20)23(22-12)10-13-5-3-2-4-6-13)19(24)21-14-7-8-15-16(9-14)26-11-25-15/h2-9H,10-11H2,1H3,(H,21,24). The normalized spacial score (nSPS) is 12.2. The second-order valence-electron chi connectivity index (χ2n) is 5.92. The Morgan fingerprint density at radius 2 is 1.96 bits per heavy atom. The fourth-order valence-corrected chi connectivity index (χ4v) is 3.16. The topological polar surface area (TPSA) is 65.4 Å². The highest BCUT2D eigenvalue weighted by molar-refractivity contribution is 6.33. The first-order chi connectivity index (χ1) is 12.6. The summed E-state index contributed by atoms with van der Waals surface area (Å²) in [6.45, 7) is 2.45. The molecular formula is C19H16ClN3O3. The molecule has 1 amide bonds. The lowest BCUT2D eigenvalue weighted by Crippen LogP contribution is -2.13. The Hall–Kier alpha value is -2.99. The molecule has 1 aliphatic heterocycles. The van der Waals surface area contributed by atoms with Crippen LogP contribution in [0.3, 0.4) is 0 Å². The number of nitrogens with one attached hydrogen (secondary N) is 1. The molecule has 0 saturated heterocycles. The number of aromatic nitrogens is 2. The quantitative estimate of drug-likeness (QED) is 0.758. The summed E-state index contributed by atoms with van der Waals surface area (Å²) < 4.78 is 12.2. The lowest BCUT2D eigenvalue weighted by atomic mass is 10.2. The second kappa shape index (κ2) is 6.72. The largest absolute Gasteiger partial charge is 0.454 e. The number of nitrogens with zero attached hydrogens (tertiary/aromatic N) is 2. The van der Waals surface area contributed by atoms with Crippen LogP contribution in [0.5, 0.6) is 11.5 Å². The van der Waals surface area contributed by atoms with Crippen molar-refractivity contribution in [1.29, 1.82) is 0 Å². The van der Waals surface area contributed by atoms with Crippen molar-refractivity contribution in [2.24, 2.45) is 0 Å². The number of rotatable bonds is 4. The predicted molar refractivity (Wildman–Crippen MR) is 98.0 cm³/mol. The number of halogens is 1. The maximum Gasteiger partial charge on any atom is 0.260 e. The Balaban J connectivity index is 1.56. The summed E-state index contributed by atoms with van der Waals surface area (Å²) >= 11 is 6.43. The molecule has 1 aliphatic rings. The number of carbonyl (C=O) groups excluding carboxylic acids is 1. The Labute approximate surface area is 155 Å². The van der Waals surface area contributed by atoms with Gasteiger partial charge in [-0.15, -0.1) is 0 Å². The third-order valence-electron chi connectivity index (χ3n) is 4.10. The van der Waals surface area contributed by atoms with E-state index in [0.29, 0.717) is 40.1 Å². The van der Waals surface area contributed by atoms with Gasteiger partial charge in [0.05, 0.1) is 17.8 Å². The molecule has 3 aromatic rings. The van der Waals surface area contributed by atoms with E-state index in [9.17, 15) is 4.79 Å². The Morgan fingerprint density at radius 3 is 2.77 bits per heavy atom. The second-order valence-corrected chi connectivity index (χ2v) is 6.27. The van der Waals surface area contributed by atoms with E-state index >= 15 is 0 Å². The number of hydrogen-bond donors (Lipinski definition) is 1. The van der Waals surface area contributed by atoms with Crippen molar-refractivity contribution < 1.29 is 14.3 Å². The molecular weight excluding hydrogens is 354 g/mol. The van der Waals surface area contributed by atoms with Crippen molar-refractivity contribution in [3.8, 4) is 11.5 Å². The SMILES string of the molecule is Cc1nn(Cc2ccccc2)c(Cl)c1C(=O)Nc1ccc2c(c1)OCO2. The molecule has 0 saturated carbocycles. The zero-order valence-electron chi connectivity index (χ0n) is 14.0. The fourth-order valence-electron chi connectivity index (χ4n) is 2.84. The van der Waals surface area contributed by atoms with Gasteiger partial charge in [0.2, 0.25) is 6.79 Å². The molecule has 1 aromatic heterocycles. The van der Waals surface area contributed by atoms with Crippen LogP contribution in [0.4, 0.5) is 5.69 Å². The van der Waals surface area contributed by atoms with E-state index in [-0.39, 0.29) is 12.7 Å². The van der Waals surface area contributed by atoms with Crippen molar-refractivity contribution in [1.82, 2.24) is 9.78 Å². The van der Waals surface area contributed by atoms with E-state index in [1.807, 2.05) is 30.3 Å². The average molecular weight is 370 g/mol. The van der Waals surface area contributed by atoms with Gasteiger partial charge >= 0.3 is 0 Å². The minimum absolute atomic E-state index is 0.184. The maximum atomic E-state index is 12.7. The van der Waals surface area contributed by atoms with Gasteiger partial charge in [-0.2, -0.15) is 5.10 Å². The van der Waals surface area contributed by atoms with E-state index in [4.69, 9.17) is 21.1 Å². The van der Waals surface area contributed by atoms with Gasteiger partial charge in [0.1, 0.15) is 5.15 Å². The molecule has 0 fully saturated rings. The third-order valence-corrected chi connectivity index (χ3v) is 4.48. The monoisotopic (exact) mass is 369 g/mol. The number of carbonyl (C=O) groups is 1. The van der Waals surface area contributed by atoms with Crippen LogP contribution in [0.15, 0.2) is 48.5 Å². The summed E-state index contributed by atoms with van der Waals surface area (Å²) in [5.74, 6) is 0.948. The molecule has 0 radical (unpaired) electrons. The molecule has 0 unspecified atom stereocenters. The van der Waals surface area contributed by atoms with Crippen LogP contribution in [0.2, 0.25) is 5.15 Å². The predicted octanol–water partition coefficient (Wildman–Crippen LogP) is 3.87. The molecule has 4 rings (SSSR count). The molecule has 1 N–H and O–H groups in total. The van der Waals surface area contributed by atoms with E-state index in [0.717, 1.165) is 5.56 Å². The highest BCUT2D eigenvalue weighted by Crippen LogP contribution is 2.34. The summed E-state index contributed by atoms with van der Waals surface area (Å²) in [6.07, 6.45) is 0. The van der Waals surface area contributed by atoms with Gasteiger partial charge in [-0.25, -0.2) is 4.68 Å². The van der Waals surface area contributed by atoms with Crippen LogP contribution in [-0.4, -0.2) is 22.5 Å². The first-order valence-electron chi connectivity index (χ1n) is 8.09. The first-order valence-corrected chi connectivity index (χ1v) is 8.47. The summed E-state index contributed by atoms with van der Waals surface area (Å²) in [7, 11) is 0. The number of anilines is 1. The number of aryl methyl sites for hydroxylation is 1. The lowest BCUT2D eigenvalue weighted by molar-refractivity contribution is 0.102. The Kier molecular flexibility index (Phi) is 4.26. The van der Waals surface area contributed by atoms with Crippen molar-refractivity contribution in [3.05, 3.63) is 70.5 Å². The molecule has 0 atom stereocenters. The van der Waals surface area contributed by atoms with Gasteiger partial charge in [-0.3, -0.25) is 4.79 Å². The molecule has 26 heavy (non-hydrogen) atoms. The summed E-state index contributed by atoms with van der Waals surface area (Å²) in [5, 5.41) is 7.55. The minimum atomic E-state index is -0.314. The molecule has 2 aromatic carbocycles. The number of amides is 1. The molecule has 132 valence electrons. The van der Waals surface area contributed by atoms with E-state index < -0.39 is 0 Å². The number of fused-ring (bicyclic) bond motifs is 1. The number of benzene rings is 2. The maximum absolute atomic E-state index is 12.7. The Morgan fingerprint density at radius 1 is 1.19 bits per heavy atom. The van der Waals surface area contributed by atoms with E-state index in [1.165, 1.54) is 0 Å². The summed E-state index contributed by atoms with van der Waals surface area (Å²) in [5.41, 5.74) is 2.59. The van der Waals surface area contributed by atoms with E-state index in [1.54, 1.807) is 29.8 Å². The summed E-state index contributed by atoms with van der Waals surface area (Å²) in [4.78, 5) is 12.7. The van der Waals surface area contributed by atoms with Gasteiger partial charge in [-0.05, 0) is 24.6 Å². The fraction of sp³-hybridized carbons (Fsp3) is 0.158. The zero-order chi connectivity index (χ0) is 18.1. The highest BCUT2D eigenvalue weighted by Gasteiger charge is 2.21. The van der Waals surface area contributed by atoms with Crippen molar-refractivity contribution in [2.45, 2.75) is 13.5 Å². The van der Waals surface area contributed by atoms with Crippen LogP contribution in [0, 0.1) is 6.92 Å². The van der Waals surface area contributed by atoms with Crippen molar-refractivity contribution >= 4 is 23.2 Å². The van der Waals surface area contributed by atoms with Gasteiger partial charge in [-0.1, -0.05) is 41.9 Å². The van der Waals surface area contributed by atoms with Gasteiger partial charge in [0, 0.05) is 11.8 Å². The first kappa shape index (κ1) is 16.5. The molecule has 0 bridgehead atoms. The van der Waals surface area contributed by atoms with Crippen LogP contribution in [0.1, 0.15) is 21.6 Å². The van der Waals surface area contributed by atoms with Crippen molar-refractivity contribution in [2.75, 3.05) is 12.1 Å². The molecule has 0 aliphatic carbocycles.